The monoisotopic (exact) mass is 1030 g/mol. The molecule has 0 radical (unpaired) electrons. The Morgan fingerprint density at radius 2 is 1.18 bits per heavy atom. The highest BCUT2D eigenvalue weighted by Gasteiger charge is 2.28. The highest BCUT2D eigenvalue weighted by molar-refractivity contribution is 5.86. The fourth-order valence-corrected chi connectivity index (χ4v) is 10.3. The van der Waals surface area contributed by atoms with E-state index in [-0.39, 0.29) is 42.1 Å². The van der Waals surface area contributed by atoms with Gasteiger partial charge in [-0.25, -0.2) is 27.5 Å². The molecule has 4 N–H and O–H groups in total. The lowest BCUT2D eigenvalue weighted by Gasteiger charge is -2.17. The first-order chi connectivity index (χ1) is 36.8. The van der Waals surface area contributed by atoms with Crippen LogP contribution in [0.15, 0.2) is 125 Å². The van der Waals surface area contributed by atoms with Crippen molar-refractivity contribution in [2.75, 3.05) is 6.54 Å². The molecule has 14 nitrogen and oxygen atoms in total. The molecule has 10 aromatic rings. The molecule has 0 unspecified atom stereocenters. The van der Waals surface area contributed by atoms with Crippen molar-refractivity contribution in [3.63, 3.8) is 0 Å². The second kappa shape index (κ2) is 20.0. The Labute approximate surface area is 433 Å². The minimum atomic E-state index is -0.930. The van der Waals surface area contributed by atoms with Gasteiger partial charge in [-0.3, -0.25) is 0 Å². The van der Waals surface area contributed by atoms with E-state index in [0.29, 0.717) is 98.3 Å². The van der Waals surface area contributed by atoms with Gasteiger partial charge in [-0.05, 0) is 164 Å². The predicted octanol–water partition coefficient (Wildman–Crippen LogP) is 11.2. The summed E-state index contributed by atoms with van der Waals surface area (Å²) >= 11 is 0. The fraction of sp³-hybridized carbons (Fsp3) is 0.276. The Bertz CT molecular complexity index is 3800. The third-order valence-electron chi connectivity index (χ3n) is 14.2. The van der Waals surface area contributed by atoms with Crippen molar-refractivity contribution in [3.05, 3.63) is 156 Å². The van der Waals surface area contributed by atoms with Crippen molar-refractivity contribution in [1.29, 1.82) is 0 Å². The number of nitrogens with one attached hydrogen (secondary N) is 2. The maximum Gasteiger partial charge on any atom is 0.227 e. The third-order valence-corrected chi connectivity index (χ3v) is 14.2. The van der Waals surface area contributed by atoms with Crippen LogP contribution in [0, 0.1) is 23.3 Å². The van der Waals surface area contributed by atoms with Gasteiger partial charge in [0.15, 0.2) is 34.4 Å². The van der Waals surface area contributed by atoms with Gasteiger partial charge in [-0.15, -0.1) is 20.4 Å². The number of aryl methyl sites for hydroxylation is 2. The van der Waals surface area contributed by atoms with E-state index in [0.717, 1.165) is 43.2 Å². The molecule has 0 aliphatic heterocycles. The van der Waals surface area contributed by atoms with Crippen molar-refractivity contribution in [2.45, 2.75) is 95.8 Å². The molecule has 4 aromatic heterocycles. The van der Waals surface area contributed by atoms with Crippen LogP contribution in [0.1, 0.15) is 68.6 Å². The summed E-state index contributed by atoms with van der Waals surface area (Å²) in [5, 5.41) is 44.3. The van der Waals surface area contributed by atoms with Crippen LogP contribution in [0.5, 0.6) is 0 Å². The molecule has 0 bridgehead atoms. The molecule has 386 valence electrons. The SMILES string of the molecule is CC(C)(O)CNCc1cc(F)c2oc(-c3cccc(-c4ccc(F)cc4-c4nncn4CCn4cnnc4-c4cc(F)ccc4-c4cc(-c5nc6cc(CN[C@@H]7CCC[C@@H]7O)cc(F)c6o5)cc(C5CC5)c4)c3)nc2c1. The number of oxazole rings is 2. The van der Waals surface area contributed by atoms with E-state index in [1.165, 1.54) is 36.4 Å². The predicted molar refractivity (Wildman–Crippen MR) is 278 cm³/mol. The quantitative estimate of drug-likeness (QED) is 0.0636. The fourth-order valence-electron chi connectivity index (χ4n) is 10.3. The second-order valence-electron chi connectivity index (χ2n) is 20.6. The number of fused-ring (bicyclic) bond motifs is 2. The van der Waals surface area contributed by atoms with Crippen molar-refractivity contribution in [2.24, 2.45) is 0 Å². The highest BCUT2D eigenvalue weighted by atomic mass is 19.1. The van der Waals surface area contributed by atoms with Crippen LogP contribution in [0.3, 0.4) is 0 Å². The van der Waals surface area contributed by atoms with Gasteiger partial charge in [-0.2, -0.15) is 0 Å². The lowest BCUT2D eigenvalue weighted by molar-refractivity contribution is 0.0795. The van der Waals surface area contributed by atoms with Gasteiger partial charge in [0.1, 0.15) is 35.3 Å². The number of nitrogens with zero attached hydrogens (tertiary/aromatic N) is 8. The molecule has 0 spiro atoms. The Morgan fingerprint density at radius 1 is 0.618 bits per heavy atom. The van der Waals surface area contributed by atoms with Crippen LogP contribution < -0.4 is 10.6 Å². The van der Waals surface area contributed by atoms with Crippen molar-refractivity contribution >= 4 is 22.2 Å². The van der Waals surface area contributed by atoms with Gasteiger partial charge >= 0.3 is 0 Å². The zero-order valence-corrected chi connectivity index (χ0v) is 41.6. The molecular formula is C58H52F4N10O4. The minimum Gasteiger partial charge on any atom is -0.433 e. The van der Waals surface area contributed by atoms with Gasteiger partial charge < -0.3 is 38.8 Å². The average molecular weight is 1030 g/mol. The molecular weight excluding hydrogens is 977 g/mol. The van der Waals surface area contributed by atoms with Crippen LogP contribution >= 0.6 is 0 Å². The first kappa shape index (κ1) is 49.0. The molecule has 4 heterocycles. The van der Waals surface area contributed by atoms with E-state index in [1.54, 1.807) is 61.4 Å². The minimum absolute atomic E-state index is 0.0138. The number of hydrogen-bond donors (Lipinski definition) is 4. The number of halogens is 4. The largest absolute Gasteiger partial charge is 0.433 e. The van der Waals surface area contributed by atoms with Crippen molar-refractivity contribution < 1.29 is 36.6 Å². The molecule has 2 fully saturated rings. The van der Waals surface area contributed by atoms with E-state index in [9.17, 15) is 10.2 Å². The Morgan fingerprint density at radius 3 is 1.78 bits per heavy atom. The topological polar surface area (TPSA) is 178 Å². The first-order valence-electron chi connectivity index (χ1n) is 25.4. The van der Waals surface area contributed by atoms with Crippen LogP contribution in [0.25, 0.3) is 90.1 Å². The molecule has 2 saturated carbocycles. The van der Waals surface area contributed by atoms with Crippen LogP contribution in [0.2, 0.25) is 0 Å². The summed E-state index contributed by atoms with van der Waals surface area (Å²) in [6, 6.07) is 28.6. The highest BCUT2D eigenvalue weighted by Crippen LogP contribution is 2.45. The van der Waals surface area contributed by atoms with Crippen LogP contribution in [-0.4, -0.2) is 74.0 Å². The summed E-state index contributed by atoms with van der Waals surface area (Å²) in [5.41, 5.74) is 7.20. The maximum atomic E-state index is 15.6. The van der Waals surface area contributed by atoms with Crippen molar-refractivity contribution in [1.82, 2.24) is 50.1 Å². The third kappa shape index (κ3) is 10.2. The van der Waals surface area contributed by atoms with Gasteiger partial charge in [-0.1, -0.05) is 30.3 Å². The Hall–Kier alpha value is -7.90. The number of hydrogen-bond acceptors (Lipinski definition) is 12. The zero-order chi connectivity index (χ0) is 52.2. The normalized spacial score (nSPS) is 15.9. The standard InChI is InChI=1S/C58H52F4N10O4/c1-58(2,74)29-63-27-32-17-46(61)52-49(19-32)67-56(75-52)36-6-3-5-35(21-36)42-13-11-40(59)25-44(42)54-69-65-30-71(54)15-16-72-31-66-70-55(72)45-26-41(60)12-14-43(45)38-22-37(34-9-10-34)23-39(24-38)57-68-50-20-33(18-47(62)53(50)76-57)28-64-48-7-4-8-51(48)73/h3,5-6,11-14,17-26,30-31,34,48,51,63-64,73-74H,4,7-10,15-16,27-29H2,1-2H3/t48-,51+/m1/s1. The summed E-state index contributed by atoms with van der Waals surface area (Å²) in [7, 11) is 0. The molecule has 2 aliphatic rings. The van der Waals surface area contributed by atoms with E-state index in [2.05, 4.69) is 42.1 Å². The number of aliphatic hydroxyl groups is 2. The molecule has 12 rings (SSSR count). The number of aromatic nitrogens is 8. The lowest BCUT2D eigenvalue weighted by Crippen LogP contribution is -2.35. The molecule has 76 heavy (non-hydrogen) atoms. The van der Waals surface area contributed by atoms with Gasteiger partial charge in [0, 0.05) is 61.0 Å². The molecule has 2 aliphatic carbocycles. The number of rotatable bonds is 17. The lowest BCUT2D eigenvalue weighted by atomic mass is 9.94. The summed E-state index contributed by atoms with van der Waals surface area (Å²) in [6.07, 6.45) is 7.26. The molecule has 0 amide bonds. The number of aliphatic hydroxyl groups excluding tert-OH is 1. The molecule has 0 saturated heterocycles. The molecule has 6 aromatic carbocycles. The Balaban J connectivity index is 0.814. The average Bonchev–Trinajstić information content (AvgIpc) is 3.91. The van der Waals surface area contributed by atoms with E-state index >= 15 is 17.6 Å². The second-order valence-corrected chi connectivity index (χ2v) is 20.6. The van der Waals surface area contributed by atoms with Gasteiger partial charge in [0.05, 0.1) is 11.7 Å². The van der Waals surface area contributed by atoms with E-state index in [1.807, 2.05) is 34.9 Å². The Kier molecular flexibility index (Phi) is 12.9. The van der Waals surface area contributed by atoms with Crippen molar-refractivity contribution in [3.8, 4) is 67.9 Å². The van der Waals surface area contributed by atoms with Crippen LogP contribution in [-0.2, 0) is 26.2 Å². The van der Waals surface area contributed by atoms with Gasteiger partial charge in [0.25, 0.3) is 0 Å². The maximum absolute atomic E-state index is 15.6. The number of benzene rings is 6. The summed E-state index contributed by atoms with van der Waals surface area (Å²) < 4.78 is 77.3. The van der Waals surface area contributed by atoms with Crippen LogP contribution in [0.4, 0.5) is 17.6 Å². The van der Waals surface area contributed by atoms with Gasteiger partial charge in [0.2, 0.25) is 11.8 Å². The zero-order valence-electron chi connectivity index (χ0n) is 41.6. The summed E-state index contributed by atoms with van der Waals surface area (Å²) in [6.45, 7) is 4.96. The smallest absolute Gasteiger partial charge is 0.227 e. The summed E-state index contributed by atoms with van der Waals surface area (Å²) in [4.78, 5) is 9.40. The van der Waals surface area contributed by atoms with E-state index < -0.39 is 35.0 Å². The molecule has 18 heteroatoms. The molecule has 2 atom stereocenters. The van der Waals surface area contributed by atoms with E-state index in [4.69, 9.17) is 13.8 Å². The summed E-state index contributed by atoms with van der Waals surface area (Å²) in [5.74, 6) is -0.493. The first-order valence-corrected chi connectivity index (χ1v) is 25.4.